The Morgan fingerprint density at radius 1 is 1.69 bits per heavy atom. The Kier molecular flexibility index (Phi) is 3.04. The predicted octanol–water partition coefficient (Wildman–Crippen LogP) is -0.667. The first-order valence-corrected chi connectivity index (χ1v) is 5.21. The SMILES string of the molecule is CN1CCC(CNC(=O)c2nonc2N)C1. The van der Waals surface area contributed by atoms with Crippen LogP contribution in [0.3, 0.4) is 0 Å². The van der Waals surface area contributed by atoms with Gasteiger partial charge in [0.2, 0.25) is 11.5 Å². The summed E-state index contributed by atoms with van der Waals surface area (Å²) in [5, 5.41) is 9.57. The number of nitrogens with two attached hydrogens (primary N) is 1. The van der Waals surface area contributed by atoms with Crippen LogP contribution in [-0.2, 0) is 0 Å². The van der Waals surface area contributed by atoms with Crippen molar-refractivity contribution in [2.45, 2.75) is 6.42 Å². The third-order valence-corrected chi connectivity index (χ3v) is 2.77. The lowest BCUT2D eigenvalue weighted by Crippen LogP contribution is -2.31. The molecule has 88 valence electrons. The highest BCUT2D eigenvalue weighted by Crippen LogP contribution is 2.13. The van der Waals surface area contributed by atoms with Crippen molar-refractivity contribution in [3.8, 4) is 0 Å². The minimum Gasteiger partial charge on any atom is -0.379 e. The maximum atomic E-state index is 11.6. The first kappa shape index (κ1) is 10.9. The van der Waals surface area contributed by atoms with E-state index in [0.29, 0.717) is 12.5 Å². The molecule has 0 radical (unpaired) electrons. The van der Waals surface area contributed by atoms with Gasteiger partial charge in [-0.25, -0.2) is 4.63 Å². The molecule has 1 aromatic heterocycles. The molecule has 2 rings (SSSR count). The van der Waals surface area contributed by atoms with Crippen molar-refractivity contribution in [2.75, 3.05) is 32.4 Å². The first-order chi connectivity index (χ1) is 7.66. The summed E-state index contributed by atoms with van der Waals surface area (Å²) < 4.78 is 4.36. The van der Waals surface area contributed by atoms with E-state index in [1.165, 1.54) is 0 Å². The molecule has 1 aliphatic rings. The molecule has 1 unspecified atom stereocenters. The highest BCUT2D eigenvalue weighted by atomic mass is 16.6. The number of aromatic nitrogens is 2. The summed E-state index contributed by atoms with van der Waals surface area (Å²) in [4.78, 5) is 13.8. The molecule has 0 spiro atoms. The number of carbonyl (C=O) groups is 1. The molecule has 1 fully saturated rings. The van der Waals surface area contributed by atoms with Crippen molar-refractivity contribution in [3.63, 3.8) is 0 Å². The van der Waals surface area contributed by atoms with Crippen molar-refractivity contribution in [1.82, 2.24) is 20.5 Å². The Bertz CT molecular complexity index is 378. The van der Waals surface area contributed by atoms with Gasteiger partial charge in [-0.05, 0) is 36.2 Å². The van der Waals surface area contributed by atoms with Crippen molar-refractivity contribution in [2.24, 2.45) is 5.92 Å². The quantitative estimate of drug-likeness (QED) is 0.708. The average molecular weight is 225 g/mol. The zero-order valence-electron chi connectivity index (χ0n) is 9.14. The van der Waals surface area contributed by atoms with E-state index in [4.69, 9.17) is 5.73 Å². The third kappa shape index (κ3) is 2.30. The van der Waals surface area contributed by atoms with Gasteiger partial charge in [0, 0.05) is 13.1 Å². The summed E-state index contributed by atoms with van der Waals surface area (Å²) >= 11 is 0. The topological polar surface area (TPSA) is 97.3 Å². The Morgan fingerprint density at radius 2 is 2.50 bits per heavy atom. The van der Waals surface area contributed by atoms with Crippen LogP contribution in [0.4, 0.5) is 5.82 Å². The second kappa shape index (κ2) is 4.48. The van der Waals surface area contributed by atoms with Crippen LogP contribution in [0.15, 0.2) is 4.63 Å². The van der Waals surface area contributed by atoms with Gasteiger partial charge in [0.15, 0.2) is 0 Å². The van der Waals surface area contributed by atoms with E-state index in [0.717, 1.165) is 19.5 Å². The van der Waals surface area contributed by atoms with Crippen LogP contribution in [0.25, 0.3) is 0 Å². The number of amides is 1. The van der Waals surface area contributed by atoms with Crippen LogP contribution in [0.2, 0.25) is 0 Å². The number of rotatable bonds is 3. The van der Waals surface area contributed by atoms with Gasteiger partial charge in [-0.3, -0.25) is 4.79 Å². The second-order valence-electron chi connectivity index (χ2n) is 4.13. The van der Waals surface area contributed by atoms with Gasteiger partial charge in [-0.2, -0.15) is 0 Å². The van der Waals surface area contributed by atoms with Crippen LogP contribution < -0.4 is 11.1 Å². The molecule has 0 aliphatic carbocycles. The molecule has 1 atom stereocenters. The Morgan fingerprint density at radius 3 is 3.06 bits per heavy atom. The van der Waals surface area contributed by atoms with Crippen LogP contribution in [-0.4, -0.2) is 47.8 Å². The maximum absolute atomic E-state index is 11.6. The average Bonchev–Trinajstić information content (AvgIpc) is 2.84. The number of likely N-dealkylation sites (tertiary alicyclic amines) is 1. The summed E-state index contributed by atoms with van der Waals surface area (Å²) in [5.41, 5.74) is 5.47. The largest absolute Gasteiger partial charge is 0.379 e. The smallest absolute Gasteiger partial charge is 0.277 e. The monoisotopic (exact) mass is 225 g/mol. The fourth-order valence-corrected chi connectivity index (χ4v) is 1.87. The van der Waals surface area contributed by atoms with Gasteiger partial charge in [0.25, 0.3) is 5.91 Å². The molecule has 1 aromatic rings. The van der Waals surface area contributed by atoms with Crippen molar-refractivity contribution in [3.05, 3.63) is 5.69 Å². The molecule has 2 heterocycles. The van der Waals surface area contributed by atoms with Crippen LogP contribution in [0.5, 0.6) is 0 Å². The lowest BCUT2D eigenvalue weighted by atomic mass is 10.1. The third-order valence-electron chi connectivity index (χ3n) is 2.77. The van der Waals surface area contributed by atoms with Gasteiger partial charge in [0.05, 0.1) is 0 Å². The Balaban J connectivity index is 1.82. The van der Waals surface area contributed by atoms with E-state index in [-0.39, 0.29) is 17.4 Å². The van der Waals surface area contributed by atoms with Crippen LogP contribution >= 0.6 is 0 Å². The Labute approximate surface area is 92.9 Å². The van der Waals surface area contributed by atoms with Crippen LogP contribution in [0.1, 0.15) is 16.9 Å². The summed E-state index contributed by atoms with van der Waals surface area (Å²) in [6.45, 7) is 2.72. The Hall–Kier alpha value is -1.63. The normalized spacial score (nSPS) is 21.2. The van der Waals surface area contributed by atoms with Gasteiger partial charge in [-0.15, -0.1) is 0 Å². The maximum Gasteiger partial charge on any atom is 0.277 e. The van der Waals surface area contributed by atoms with Crippen molar-refractivity contribution >= 4 is 11.7 Å². The lowest BCUT2D eigenvalue weighted by Gasteiger charge is -2.10. The standard InChI is InChI=1S/C9H15N5O2/c1-14-3-2-6(5-14)4-11-9(15)7-8(10)13-16-12-7/h6H,2-5H2,1H3,(H2,10,13)(H,11,15). The van der Waals surface area contributed by atoms with Gasteiger partial charge in [0.1, 0.15) is 0 Å². The number of nitrogens with zero attached hydrogens (tertiary/aromatic N) is 3. The first-order valence-electron chi connectivity index (χ1n) is 5.21. The molecular weight excluding hydrogens is 210 g/mol. The van der Waals surface area contributed by atoms with Gasteiger partial charge in [-0.1, -0.05) is 0 Å². The minimum absolute atomic E-state index is 0.0287. The van der Waals surface area contributed by atoms with Gasteiger partial charge < -0.3 is 16.0 Å². The zero-order chi connectivity index (χ0) is 11.5. The zero-order valence-corrected chi connectivity index (χ0v) is 9.14. The molecule has 0 bridgehead atoms. The van der Waals surface area contributed by atoms with Crippen molar-refractivity contribution < 1.29 is 9.42 Å². The number of anilines is 1. The van der Waals surface area contributed by atoms with E-state index >= 15 is 0 Å². The van der Waals surface area contributed by atoms with Crippen molar-refractivity contribution in [1.29, 1.82) is 0 Å². The molecule has 1 amide bonds. The highest BCUT2D eigenvalue weighted by Gasteiger charge is 2.21. The highest BCUT2D eigenvalue weighted by molar-refractivity contribution is 5.95. The summed E-state index contributed by atoms with van der Waals surface area (Å²) in [6, 6.07) is 0. The number of nitrogen functional groups attached to an aromatic ring is 1. The van der Waals surface area contributed by atoms with E-state index in [1.807, 2.05) is 0 Å². The van der Waals surface area contributed by atoms with E-state index in [1.54, 1.807) is 0 Å². The van der Waals surface area contributed by atoms with E-state index in [2.05, 4.69) is 32.2 Å². The summed E-state index contributed by atoms with van der Waals surface area (Å²) in [6.07, 6.45) is 1.10. The molecule has 1 saturated heterocycles. The number of nitrogens with one attached hydrogen (secondary N) is 1. The molecule has 16 heavy (non-hydrogen) atoms. The van der Waals surface area contributed by atoms with Gasteiger partial charge >= 0.3 is 0 Å². The minimum atomic E-state index is -0.326. The molecule has 3 N–H and O–H groups in total. The number of hydrogen-bond donors (Lipinski definition) is 2. The number of carbonyl (C=O) groups excluding carboxylic acids is 1. The van der Waals surface area contributed by atoms with Crippen LogP contribution in [0, 0.1) is 5.92 Å². The lowest BCUT2D eigenvalue weighted by molar-refractivity contribution is 0.0938. The molecule has 0 saturated carbocycles. The molecule has 1 aliphatic heterocycles. The van der Waals surface area contributed by atoms with E-state index < -0.39 is 0 Å². The molecule has 0 aromatic carbocycles. The molecule has 7 heteroatoms. The summed E-state index contributed by atoms with van der Waals surface area (Å²) in [5.74, 6) is 0.198. The second-order valence-corrected chi connectivity index (χ2v) is 4.13. The fraction of sp³-hybridized carbons (Fsp3) is 0.667. The van der Waals surface area contributed by atoms with E-state index in [9.17, 15) is 4.79 Å². The molecule has 7 nitrogen and oxygen atoms in total. The number of hydrogen-bond acceptors (Lipinski definition) is 6. The summed E-state index contributed by atoms with van der Waals surface area (Å²) in [7, 11) is 2.07. The fourth-order valence-electron chi connectivity index (χ4n) is 1.87. The predicted molar refractivity (Wildman–Crippen MR) is 56.6 cm³/mol. The molecular formula is C9H15N5O2.